The van der Waals surface area contributed by atoms with Gasteiger partial charge in [0.05, 0.1) is 12.7 Å². The molecule has 0 saturated heterocycles. The number of rotatable bonds is 5. The van der Waals surface area contributed by atoms with Crippen LogP contribution in [0.25, 0.3) is 0 Å². The van der Waals surface area contributed by atoms with E-state index in [9.17, 15) is 18.0 Å². The van der Waals surface area contributed by atoms with Gasteiger partial charge in [-0.1, -0.05) is 0 Å². The van der Waals surface area contributed by atoms with Gasteiger partial charge in [0.2, 0.25) is 5.91 Å². The van der Waals surface area contributed by atoms with Gasteiger partial charge in [0, 0.05) is 12.2 Å². The third-order valence-corrected chi connectivity index (χ3v) is 3.58. The second-order valence-corrected chi connectivity index (χ2v) is 5.23. The van der Waals surface area contributed by atoms with E-state index in [0.717, 1.165) is 18.9 Å². The largest absolute Gasteiger partial charge is 0.496 e. The van der Waals surface area contributed by atoms with Gasteiger partial charge in [0.1, 0.15) is 11.6 Å². The zero-order valence-corrected chi connectivity index (χ0v) is 12.2. The maximum absolute atomic E-state index is 13.0. The molecule has 1 aliphatic rings. The molecule has 1 saturated carbocycles. The van der Waals surface area contributed by atoms with Crippen LogP contribution in [0.4, 0.5) is 18.9 Å². The van der Waals surface area contributed by atoms with Crippen molar-refractivity contribution >= 4 is 23.2 Å². The van der Waals surface area contributed by atoms with Crippen molar-refractivity contribution in [2.45, 2.75) is 19.0 Å². The molecule has 0 heterocycles. The number of nitrogens with zero attached hydrogens (tertiary/aromatic N) is 1. The lowest BCUT2D eigenvalue weighted by Crippen LogP contribution is -2.34. The number of carbonyl (C=O) groups excluding carboxylic acids is 1. The monoisotopic (exact) mass is 321 g/mol. The normalized spacial score (nSPS) is 14.9. The Labute approximate surface area is 125 Å². The van der Waals surface area contributed by atoms with Gasteiger partial charge in [-0.15, -0.1) is 11.6 Å². The summed E-state index contributed by atoms with van der Waals surface area (Å²) in [5, 5.41) is 0. The number of hydrogen-bond acceptors (Lipinski definition) is 2. The molecular formula is C14H15ClF3NO2. The van der Waals surface area contributed by atoms with E-state index in [1.807, 2.05) is 0 Å². The third-order valence-electron chi connectivity index (χ3n) is 3.35. The molecule has 0 N–H and O–H groups in total. The van der Waals surface area contributed by atoms with Crippen molar-refractivity contribution in [3.8, 4) is 5.75 Å². The van der Waals surface area contributed by atoms with Gasteiger partial charge in [0.15, 0.2) is 0 Å². The average Bonchev–Trinajstić information content (AvgIpc) is 3.26. The van der Waals surface area contributed by atoms with Crippen LogP contribution in [0.3, 0.4) is 0 Å². The molecule has 1 amide bonds. The lowest BCUT2D eigenvalue weighted by molar-refractivity contribution is -0.138. The molecule has 116 valence electrons. The summed E-state index contributed by atoms with van der Waals surface area (Å²) in [7, 11) is 1.18. The molecule has 3 nitrogen and oxygen atoms in total. The SMILES string of the molecule is COc1ccc(N(CC2CC2)C(=O)CCl)cc1C(F)(F)F. The molecule has 7 heteroatoms. The second-order valence-electron chi connectivity index (χ2n) is 4.96. The minimum Gasteiger partial charge on any atom is -0.496 e. The average molecular weight is 322 g/mol. The van der Waals surface area contributed by atoms with E-state index in [4.69, 9.17) is 16.3 Å². The van der Waals surface area contributed by atoms with E-state index in [1.54, 1.807) is 0 Å². The summed E-state index contributed by atoms with van der Waals surface area (Å²) in [6.45, 7) is 0.398. The highest BCUT2D eigenvalue weighted by Crippen LogP contribution is 2.39. The molecule has 1 aromatic carbocycles. The minimum absolute atomic E-state index is 0.195. The first-order valence-electron chi connectivity index (χ1n) is 6.48. The van der Waals surface area contributed by atoms with Gasteiger partial charge < -0.3 is 9.64 Å². The number of benzene rings is 1. The zero-order chi connectivity index (χ0) is 15.6. The lowest BCUT2D eigenvalue weighted by atomic mass is 10.1. The zero-order valence-electron chi connectivity index (χ0n) is 11.4. The van der Waals surface area contributed by atoms with Gasteiger partial charge in [-0.25, -0.2) is 0 Å². The summed E-state index contributed by atoms with van der Waals surface area (Å²) in [5.74, 6) is -0.591. The molecule has 0 unspecified atom stereocenters. The van der Waals surface area contributed by atoms with Crippen LogP contribution in [0.2, 0.25) is 0 Å². The number of ether oxygens (including phenoxy) is 1. The number of anilines is 1. The van der Waals surface area contributed by atoms with E-state index in [-0.39, 0.29) is 17.3 Å². The van der Waals surface area contributed by atoms with E-state index < -0.39 is 17.6 Å². The van der Waals surface area contributed by atoms with Crippen LogP contribution in [-0.2, 0) is 11.0 Å². The summed E-state index contributed by atoms with van der Waals surface area (Å²) in [6, 6.07) is 3.60. The summed E-state index contributed by atoms with van der Waals surface area (Å²) >= 11 is 5.55. The third kappa shape index (κ3) is 3.81. The number of alkyl halides is 4. The standard InChI is InChI=1S/C14H15ClF3NO2/c1-21-12-5-4-10(6-11(12)14(16,17)18)19(13(20)7-15)8-9-2-3-9/h4-6,9H,2-3,7-8H2,1H3. The molecule has 0 atom stereocenters. The van der Waals surface area contributed by atoms with Crippen molar-refractivity contribution < 1.29 is 22.7 Å². The summed E-state index contributed by atoms with van der Waals surface area (Å²) in [4.78, 5) is 13.2. The Balaban J connectivity index is 2.38. The van der Waals surface area contributed by atoms with Gasteiger partial charge in [-0.05, 0) is 37.0 Å². The van der Waals surface area contributed by atoms with Crippen molar-refractivity contribution in [3.63, 3.8) is 0 Å². The Morgan fingerprint density at radius 2 is 2.10 bits per heavy atom. The van der Waals surface area contributed by atoms with Gasteiger partial charge in [-0.3, -0.25) is 4.79 Å². The molecule has 0 radical (unpaired) electrons. The van der Waals surface area contributed by atoms with Crippen LogP contribution in [-0.4, -0.2) is 25.4 Å². The van der Waals surface area contributed by atoms with Crippen molar-refractivity contribution in [3.05, 3.63) is 23.8 Å². The Morgan fingerprint density at radius 3 is 2.57 bits per heavy atom. The number of hydrogen-bond donors (Lipinski definition) is 0. The highest BCUT2D eigenvalue weighted by atomic mass is 35.5. The lowest BCUT2D eigenvalue weighted by Gasteiger charge is -2.23. The molecule has 0 spiro atoms. The molecule has 1 fully saturated rings. The number of methoxy groups -OCH3 is 1. The summed E-state index contributed by atoms with van der Waals surface area (Å²) in [5.41, 5.74) is -0.702. The Bertz CT molecular complexity index is 529. The Hall–Kier alpha value is -1.43. The predicted octanol–water partition coefficient (Wildman–Crippen LogP) is 3.70. The fourth-order valence-corrected chi connectivity index (χ4v) is 2.21. The smallest absolute Gasteiger partial charge is 0.420 e. The van der Waals surface area contributed by atoms with E-state index in [0.29, 0.717) is 12.5 Å². The Kier molecular flexibility index (Phi) is 4.66. The maximum atomic E-state index is 13.0. The molecule has 2 rings (SSSR count). The van der Waals surface area contributed by atoms with Crippen molar-refractivity contribution in [2.75, 3.05) is 24.4 Å². The number of halogens is 4. The maximum Gasteiger partial charge on any atom is 0.420 e. The van der Waals surface area contributed by atoms with E-state index in [1.165, 1.54) is 24.1 Å². The van der Waals surface area contributed by atoms with Gasteiger partial charge >= 0.3 is 6.18 Å². The Morgan fingerprint density at radius 1 is 1.43 bits per heavy atom. The van der Waals surface area contributed by atoms with Crippen LogP contribution in [0.5, 0.6) is 5.75 Å². The first-order valence-corrected chi connectivity index (χ1v) is 7.02. The van der Waals surface area contributed by atoms with Crippen LogP contribution < -0.4 is 9.64 Å². The van der Waals surface area contributed by atoms with Crippen LogP contribution in [0.1, 0.15) is 18.4 Å². The van der Waals surface area contributed by atoms with Gasteiger partial charge in [-0.2, -0.15) is 13.2 Å². The molecule has 1 aromatic rings. The summed E-state index contributed by atoms with van der Waals surface area (Å²) < 4.78 is 43.8. The first kappa shape index (κ1) is 15.9. The molecule has 0 aromatic heterocycles. The summed E-state index contributed by atoms with van der Waals surface area (Å²) in [6.07, 6.45) is -2.58. The topological polar surface area (TPSA) is 29.5 Å². The molecular weight excluding hydrogens is 307 g/mol. The van der Waals surface area contributed by atoms with Crippen LogP contribution >= 0.6 is 11.6 Å². The predicted molar refractivity (Wildman–Crippen MR) is 73.8 cm³/mol. The highest BCUT2D eigenvalue weighted by Gasteiger charge is 2.36. The van der Waals surface area contributed by atoms with Crippen LogP contribution in [0.15, 0.2) is 18.2 Å². The van der Waals surface area contributed by atoms with E-state index >= 15 is 0 Å². The van der Waals surface area contributed by atoms with Crippen molar-refractivity contribution in [2.24, 2.45) is 5.92 Å². The molecule has 0 bridgehead atoms. The minimum atomic E-state index is -4.55. The quantitative estimate of drug-likeness (QED) is 0.774. The number of amides is 1. The highest BCUT2D eigenvalue weighted by molar-refractivity contribution is 6.29. The van der Waals surface area contributed by atoms with Crippen LogP contribution in [0, 0.1) is 5.92 Å². The van der Waals surface area contributed by atoms with Crippen molar-refractivity contribution in [1.29, 1.82) is 0 Å². The first-order chi connectivity index (χ1) is 9.86. The molecule has 21 heavy (non-hydrogen) atoms. The molecule has 0 aliphatic heterocycles. The number of carbonyl (C=O) groups is 1. The second kappa shape index (κ2) is 6.13. The van der Waals surface area contributed by atoms with E-state index in [2.05, 4.69) is 0 Å². The molecule has 1 aliphatic carbocycles. The fraction of sp³-hybridized carbons (Fsp3) is 0.500. The fourth-order valence-electron chi connectivity index (χ4n) is 2.07. The van der Waals surface area contributed by atoms with Gasteiger partial charge in [0.25, 0.3) is 0 Å². The van der Waals surface area contributed by atoms with Crippen molar-refractivity contribution in [1.82, 2.24) is 0 Å².